The first-order valence-corrected chi connectivity index (χ1v) is 13.1. The summed E-state index contributed by atoms with van der Waals surface area (Å²) in [6.45, 7) is 3.57. The van der Waals surface area contributed by atoms with Crippen LogP contribution in [0.1, 0.15) is 66.1 Å². The van der Waals surface area contributed by atoms with Crippen molar-refractivity contribution in [2.45, 2.75) is 63.7 Å². The molecule has 1 aliphatic carbocycles. The van der Waals surface area contributed by atoms with Gasteiger partial charge in [0.2, 0.25) is 11.8 Å². The third-order valence-corrected chi connectivity index (χ3v) is 8.10. The summed E-state index contributed by atoms with van der Waals surface area (Å²) < 4.78 is 2.41. The third kappa shape index (κ3) is 3.63. The summed E-state index contributed by atoms with van der Waals surface area (Å²) >= 11 is 0. The fraction of sp³-hybridized carbons (Fsp3) is 0.429. The molecule has 1 atom stereocenters. The van der Waals surface area contributed by atoms with Crippen LogP contribution in [0.3, 0.4) is 0 Å². The zero-order valence-corrected chi connectivity index (χ0v) is 20.2. The Morgan fingerprint density at radius 3 is 2.61 bits per heavy atom. The summed E-state index contributed by atoms with van der Waals surface area (Å²) in [5, 5.41) is 2.37. The fourth-order valence-electron chi connectivity index (χ4n) is 6.09. The number of hydrogen-bond donors (Lipinski definition) is 1. The van der Waals surface area contributed by atoms with Gasteiger partial charge in [0.15, 0.2) is 0 Å². The number of carbonyl (C=O) groups excluding carboxylic acids is 3. The zero-order chi connectivity index (χ0) is 24.4. The Kier molecular flexibility index (Phi) is 4.99. The smallest absolute Gasteiger partial charge is 0.255 e. The van der Waals surface area contributed by atoms with Gasteiger partial charge in [0.25, 0.3) is 5.91 Å². The van der Waals surface area contributed by atoms with E-state index in [2.05, 4.69) is 33.1 Å². The quantitative estimate of drug-likeness (QED) is 0.562. The first-order valence-electron chi connectivity index (χ1n) is 13.1. The number of benzene rings is 1. The lowest BCUT2D eigenvalue weighted by Crippen LogP contribution is -2.52. The first-order chi connectivity index (χ1) is 17.5. The summed E-state index contributed by atoms with van der Waals surface area (Å²) in [5.74, 6) is -0.804. The number of piperidine rings is 1. The number of nitrogens with zero attached hydrogens (tertiary/aromatic N) is 4. The molecule has 1 saturated carbocycles. The van der Waals surface area contributed by atoms with Gasteiger partial charge in [-0.2, -0.15) is 0 Å². The number of aromatic nitrogens is 2. The number of pyridine rings is 1. The second-order valence-electron chi connectivity index (χ2n) is 10.6. The fourth-order valence-corrected chi connectivity index (χ4v) is 6.09. The average molecular weight is 484 g/mol. The van der Waals surface area contributed by atoms with E-state index in [-0.39, 0.29) is 24.1 Å². The molecule has 8 heteroatoms. The largest absolute Gasteiger partial charge is 0.343 e. The molecule has 3 amide bonds. The molecule has 0 spiro atoms. The summed E-state index contributed by atoms with van der Waals surface area (Å²) in [7, 11) is 0. The molecule has 3 fully saturated rings. The van der Waals surface area contributed by atoms with Crippen molar-refractivity contribution >= 4 is 28.8 Å². The minimum atomic E-state index is -0.602. The van der Waals surface area contributed by atoms with Gasteiger partial charge in [0, 0.05) is 42.9 Å². The molecule has 0 radical (unpaired) electrons. The highest BCUT2D eigenvalue weighted by Crippen LogP contribution is 2.40. The molecule has 1 unspecified atom stereocenters. The number of carbonyl (C=O) groups is 3. The molecule has 2 aromatic heterocycles. The van der Waals surface area contributed by atoms with Gasteiger partial charge in [-0.1, -0.05) is 6.07 Å². The monoisotopic (exact) mass is 483 g/mol. The maximum Gasteiger partial charge on any atom is 0.255 e. The number of hydrogen-bond acceptors (Lipinski definition) is 5. The molecular weight excluding hydrogens is 454 g/mol. The Morgan fingerprint density at radius 1 is 1.00 bits per heavy atom. The van der Waals surface area contributed by atoms with E-state index in [0.29, 0.717) is 24.6 Å². The van der Waals surface area contributed by atoms with Crippen LogP contribution in [0, 0.1) is 0 Å². The van der Waals surface area contributed by atoms with Gasteiger partial charge in [-0.15, -0.1) is 0 Å². The Balaban J connectivity index is 1.23. The van der Waals surface area contributed by atoms with Crippen molar-refractivity contribution in [2.24, 2.45) is 0 Å². The summed E-state index contributed by atoms with van der Waals surface area (Å²) in [5.41, 5.74) is 7.03. The predicted octanol–water partition coefficient (Wildman–Crippen LogP) is 3.40. The highest BCUT2D eigenvalue weighted by atomic mass is 16.2. The number of rotatable bonds is 5. The molecule has 3 aliphatic heterocycles. The van der Waals surface area contributed by atoms with Crippen LogP contribution in [-0.4, -0.2) is 56.2 Å². The third-order valence-electron chi connectivity index (χ3n) is 8.10. The number of imide groups is 1. The zero-order valence-electron chi connectivity index (χ0n) is 20.2. The average Bonchev–Trinajstić information content (AvgIpc) is 3.26. The van der Waals surface area contributed by atoms with Crippen LogP contribution < -0.4 is 5.32 Å². The van der Waals surface area contributed by atoms with Crippen molar-refractivity contribution in [2.75, 3.05) is 13.1 Å². The predicted molar refractivity (Wildman–Crippen MR) is 134 cm³/mol. The topological polar surface area (TPSA) is 87.5 Å². The Morgan fingerprint density at radius 2 is 1.83 bits per heavy atom. The van der Waals surface area contributed by atoms with Crippen molar-refractivity contribution in [3.8, 4) is 11.3 Å². The van der Waals surface area contributed by atoms with Crippen LogP contribution >= 0.6 is 0 Å². The molecule has 7 rings (SSSR count). The SMILES string of the molecule is O=C1CCC(N2Cc3cc(-c4cc(CN5CCCC5)c5c(ccn5C5CC5)n4)ccc3C2=O)C(=O)N1. The van der Waals surface area contributed by atoms with Crippen molar-refractivity contribution in [3.05, 3.63) is 53.2 Å². The Hall–Kier alpha value is -3.52. The van der Waals surface area contributed by atoms with Crippen LogP contribution in [-0.2, 0) is 22.7 Å². The second kappa shape index (κ2) is 8.27. The molecule has 5 heterocycles. The van der Waals surface area contributed by atoms with Gasteiger partial charge >= 0.3 is 0 Å². The standard InChI is InChI=1S/C28H29N5O3/c34-25-8-7-24(27(35)30-25)33-16-18-13-17(3-6-21(18)28(33)36)23-14-19(15-31-10-1-2-11-31)26-22(29-23)9-12-32(26)20-4-5-20/h3,6,9,12-14,20,24H,1-2,4-5,7-8,10-11,15-16H2,(H,30,34,35). The van der Waals surface area contributed by atoms with Crippen molar-refractivity contribution in [3.63, 3.8) is 0 Å². The van der Waals surface area contributed by atoms with Gasteiger partial charge in [-0.3, -0.25) is 24.6 Å². The highest BCUT2D eigenvalue weighted by Gasteiger charge is 2.39. The van der Waals surface area contributed by atoms with Crippen LogP contribution in [0.2, 0.25) is 0 Å². The lowest BCUT2D eigenvalue weighted by Gasteiger charge is -2.29. The van der Waals surface area contributed by atoms with E-state index in [9.17, 15) is 14.4 Å². The van der Waals surface area contributed by atoms with Crippen molar-refractivity contribution < 1.29 is 14.4 Å². The Labute approximate surface area is 209 Å². The van der Waals surface area contributed by atoms with Crippen LogP contribution in [0.15, 0.2) is 36.5 Å². The molecule has 36 heavy (non-hydrogen) atoms. The van der Waals surface area contributed by atoms with E-state index in [1.807, 2.05) is 18.2 Å². The molecule has 4 aliphatic rings. The van der Waals surface area contributed by atoms with Crippen LogP contribution in [0.4, 0.5) is 0 Å². The van der Waals surface area contributed by atoms with Crippen molar-refractivity contribution in [1.82, 2.24) is 24.7 Å². The molecule has 2 saturated heterocycles. The maximum atomic E-state index is 13.1. The van der Waals surface area contributed by atoms with E-state index >= 15 is 0 Å². The van der Waals surface area contributed by atoms with Crippen LogP contribution in [0.5, 0.6) is 0 Å². The van der Waals surface area contributed by atoms with E-state index in [1.165, 1.54) is 36.8 Å². The van der Waals surface area contributed by atoms with Crippen LogP contribution in [0.25, 0.3) is 22.3 Å². The van der Waals surface area contributed by atoms with Gasteiger partial charge in [-0.05, 0) is 80.6 Å². The number of fused-ring (bicyclic) bond motifs is 2. The van der Waals surface area contributed by atoms with E-state index in [1.54, 1.807) is 4.90 Å². The summed E-state index contributed by atoms with van der Waals surface area (Å²) in [6.07, 6.45) is 7.79. The number of likely N-dealkylation sites (tertiary alicyclic amines) is 1. The summed E-state index contributed by atoms with van der Waals surface area (Å²) in [4.78, 5) is 46.2. The van der Waals surface area contributed by atoms with Crippen molar-refractivity contribution in [1.29, 1.82) is 0 Å². The molecule has 1 aromatic carbocycles. The van der Waals surface area contributed by atoms with Gasteiger partial charge in [-0.25, -0.2) is 4.98 Å². The molecule has 1 N–H and O–H groups in total. The first kappa shape index (κ1) is 21.7. The van der Waals surface area contributed by atoms with Gasteiger partial charge in [0.1, 0.15) is 6.04 Å². The molecule has 184 valence electrons. The lowest BCUT2D eigenvalue weighted by atomic mass is 10.0. The lowest BCUT2D eigenvalue weighted by molar-refractivity contribution is -0.136. The molecule has 0 bridgehead atoms. The summed E-state index contributed by atoms with van der Waals surface area (Å²) in [6, 6.07) is 10.2. The Bertz CT molecular complexity index is 1420. The minimum Gasteiger partial charge on any atom is -0.343 e. The van der Waals surface area contributed by atoms with E-state index in [0.717, 1.165) is 42.0 Å². The molecule has 8 nitrogen and oxygen atoms in total. The normalized spacial score (nSPS) is 22.5. The minimum absolute atomic E-state index is 0.148. The van der Waals surface area contributed by atoms with Gasteiger partial charge < -0.3 is 9.47 Å². The molecule has 3 aromatic rings. The highest BCUT2D eigenvalue weighted by molar-refractivity contribution is 6.05. The van der Waals surface area contributed by atoms with E-state index in [4.69, 9.17) is 4.98 Å². The van der Waals surface area contributed by atoms with E-state index < -0.39 is 6.04 Å². The second-order valence-corrected chi connectivity index (χ2v) is 10.6. The molecular formula is C28H29N5O3. The maximum absolute atomic E-state index is 13.1. The van der Waals surface area contributed by atoms with Gasteiger partial charge in [0.05, 0.1) is 16.7 Å². The number of amides is 3. The number of nitrogens with one attached hydrogen (secondary N) is 1.